The second-order valence-electron chi connectivity index (χ2n) is 8.50. The molecule has 1 aromatic carbocycles. The third-order valence-electron chi connectivity index (χ3n) is 5.42. The van der Waals surface area contributed by atoms with Gasteiger partial charge in [-0.25, -0.2) is 4.68 Å². The Morgan fingerprint density at radius 2 is 1.97 bits per heavy atom. The van der Waals surface area contributed by atoms with Gasteiger partial charge >= 0.3 is 0 Å². The number of hydrogen-bond donors (Lipinski definition) is 1. The monoisotopic (exact) mass is 396 g/mol. The number of benzene rings is 1. The predicted octanol–water partition coefficient (Wildman–Crippen LogP) is 2.25. The summed E-state index contributed by atoms with van der Waals surface area (Å²) in [7, 11) is 0. The van der Waals surface area contributed by atoms with E-state index in [1.165, 1.54) is 5.56 Å². The Balaban J connectivity index is 1.91. The minimum absolute atomic E-state index is 0.110. The van der Waals surface area contributed by atoms with E-state index in [1.807, 2.05) is 16.8 Å². The van der Waals surface area contributed by atoms with E-state index in [0.717, 1.165) is 17.3 Å². The summed E-state index contributed by atoms with van der Waals surface area (Å²) in [5.41, 5.74) is 2.32. The number of rotatable bonds is 4. The van der Waals surface area contributed by atoms with Gasteiger partial charge in [0.1, 0.15) is 6.04 Å². The Morgan fingerprint density at radius 3 is 2.66 bits per heavy atom. The normalized spacial score (nSPS) is 17.0. The van der Waals surface area contributed by atoms with Gasteiger partial charge in [-0.1, -0.05) is 13.0 Å². The van der Waals surface area contributed by atoms with Gasteiger partial charge in [-0.05, 0) is 66.8 Å². The van der Waals surface area contributed by atoms with Crippen molar-refractivity contribution in [3.05, 3.63) is 51.6 Å². The van der Waals surface area contributed by atoms with Crippen molar-refractivity contribution >= 4 is 10.9 Å². The molecule has 0 unspecified atom stereocenters. The second-order valence-corrected chi connectivity index (χ2v) is 8.50. The van der Waals surface area contributed by atoms with Crippen molar-refractivity contribution < 1.29 is 4.74 Å². The average molecular weight is 396 g/mol. The molecule has 3 heterocycles. The fourth-order valence-electron chi connectivity index (χ4n) is 3.87. The van der Waals surface area contributed by atoms with Crippen LogP contribution in [-0.4, -0.2) is 56.4 Å². The largest absolute Gasteiger partial charge is 0.379 e. The quantitative estimate of drug-likeness (QED) is 0.728. The Bertz CT molecular complexity index is 1060. The maximum absolute atomic E-state index is 13.1. The first-order valence-electron chi connectivity index (χ1n) is 10.1. The van der Waals surface area contributed by atoms with E-state index < -0.39 is 0 Å². The number of hydrogen-bond acceptors (Lipinski definition) is 6. The molecule has 3 aromatic rings. The summed E-state index contributed by atoms with van der Waals surface area (Å²) in [5, 5.41) is 13.6. The predicted molar refractivity (Wildman–Crippen MR) is 111 cm³/mol. The van der Waals surface area contributed by atoms with Gasteiger partial charge < -0.3 is 9.72 Å². The Kier molecular flexibility index (Phi) is 5.23. The van der Waals surface area contributed by atoms with Crippen molar-refractivity contribution in [2.45, 2.75) is 45.7 Å². The number of aryl methyl sites for hydroxylation is 1. The third kappa shape index (κ3) is 3.82. The number of tetrazole rings is 1. The molecule has 0 bridgehead atoms. The summed E-state index contributed by atoms with van der Waals surface area (Å²) < 4.78 is 7.36. The van der Waals surface area contributed by atoms with Crippen LogP contribution in [0.25, 0.3) is 10.9 Å². The lowest BCUT2D eigenvalue weighted by molar-refractivity contribution is 0.0206. The molecule has 1 saturated heterocycles. The van der Waals surface area contributed by atoms with Crippen LogP contribution in [0.3, 0.4) is 0 Å². The van der Waals surface area contributed by atoms with Crippen LogP contribution in [0.4, 0.5) is 0 Å². The number of nitrogens with one attached hydrogen (secondary N) is 1. The van der Waals surface area contributed by atoms with Crippen LogP contribution in [-0.2, 0) is 16.7 Å². The molecule has 0 spiro atoms. The molecule has 1 aliphatic heterocycles. The zero-order chi connectivity index (χ0) is 20.6. The summed E-state index contributed by atoms with van der Waals surface area (Å²) in [5.74, 6) is 0.677. The highest BCUT2D eigenvalue weighted by atomic mass is 16.5. The van der Waals surface area contributed by atoms with E-state index in [9.17, 15) is 4.79 Å². The molecule has 0 saturated carbocycles. The first-order chi connectivity index (χ1) is 13.9. The summed E-state index contributed by atoms with van der Waals surface area (Å²) in [4.78, 5) is 18.4. The van der Waals surface area contributed by atoms with Crippen molar-refractivity contribution in [1.82, 2.24) is 30.1 Å². The summed E-state index contributed by atoms with van der Waals surface area (Å²) >= 11 is 0. The SMILES string of the molecule is CCc1ccc2[nH]c(=O)c([C@H](c3nnnn3C(C)(C)C)N3CCOCC3)cc2c1. The summed E-state index contributed by atoms with van der Waals surface area (Å²) in [6.45, 7) is 11.0. The van der Waals surface area contributed by atoms with Gasteiger partial charge in [0.15, 0.2) is 5.82 Å². The summed E-state index contributed by atoms with van der Waals surface area (Å²) in [6.07, 6.45) is 0.944. The van der Waals surface area contributed by atoms with Gasteiger partial charge in [0.05, 0.1) is 18.8 Å². The Morgan fingerprint density at radius 1 is 1.21 bits per heavy atom. The van der Waals surface area contributed by atoms with Crippen LogP contribution in [0.5, 0.6) is 0 Å². The lowest BCUT2D eigenvalue weighted by Gasteiger charge is -2.34. The molecule has 8 nitrogen and oxygen atoms in total. The number of pyridine rings is 1. The van der Waals surface area contributed by atoms with Gasteiger partial charge in [-0.15, -0.1) is 5.10 Å². The fourth-order valence-corrected chi connectivity index (χ4v) is 3.87. The van der Waals surface area contributed by atoms with Crippen molar-refractivity contribution in [2.24, 2.45) is 0 Å². The molecule has 0 amide bonds. The molecule has 154 valence electrons. The lowest BCUT2D eigenvalue weighted by atomic mass is 10.0. The molecule has 0 aliphatic carbocycles. The molecule has 1 atom stereocenters. The van der Waals surface area contributed by atoms with Crippen LogP contribution >= 0.6 is 0 Å². The fraction of sp³-hybridized carbons (Fsp3) is 0.524. The van der Waals surface area contributed by atoms with Crippen molar-refractivity contribution in [3.63, 3.8) is 0 Å². The first-order valence-corrected chi connectivity index (χ1v) is 10.1. The summed E-state index contributed by atoms with van der Waals surface area (Å²) in [6, 6.07) is 7.82. The van der Waals surface area contributed by atoms with Crippen molar-refractivity contribution in [2.75, 3.05) is 26.3 Å². The van der Waals surface area contributed by atoms with E-state index in [1.54, 1.807) is 0 Å². The maximum Gasteiger partial charge on any atom is 0.253 e. The Labute approximate surface area is 169 Å². The highest BCUT2D eigenvalue weighted by Gasteiger charge is 2.34. The minimum Gasteiger partial charge on any atom is -0.379 e. The van der Waals surface area contributed by atoms with Crippen LogP contribution < -0.4 is 5.56 Å². The van der Waals surface area contributed by atoms with E-state index in [0.29, 0.717) is 37.7 Å². The van der Waals surface area contributed by atoms with E-state index in [2.05, 4.69) is 65.2 Å². The third-order valence-corrected chi connectivity index (χ3v) is 5.42. The number of ether oxygens (including phenoxy) is 1. The number of H-pyrrole nitrogens is 1. The van der Waals surface area contributed by atoms with E-state index in [4.69, 9.17) is 4.74 Å². The van der Waals surface area contributed by atoms with Gasteiger partial charge in [0.25, 0.3) is 5.56 Å². The number of morpholine rings is 1. The van der Waals surface area contributed by atoms with E-state index >= 15 is 0 Å². The zero-order valence-electron chi connectivity index (χ0n) is 17.5. The smallest absolute Gasteiger partial charge is 0.253 e. The number of aromatic amines is 1. The number of fused-ring (bicyclic) bond motifs is 1. The zero-order valence-corrected chi connectivity index (χ0v) is 17.5. The molecule has 8 heteroatoms. The molecule has 29 heavy (non-hydrogen) atoms. The van der Waals surface area contributed by atoms with Crippen LogP contribution in [0, 0.1) is 0 Å². The van der Waals surface area contributed by atoms with Crippen LogP contribution in [0.15, 0.2) is 29.1 Å². The van der Waals surface area contributed by atoms with Gasteiger partial charge in [-0.3, -0.25) is 9.69 Å². The average Bonchev–Trinajstić information content (AvgIpc) is 3.19. The number of aromatic nitrogens is 5. The van der Waals surface area contributed by atoms with Crippen molar-refractivity contribution in [3.8, 4) is 0 Å². The lowest BCUT2D eigenvalue weighted by Crippen LogP contribution is -2.43. The van der Waals surface area contributed by atoms with Crippen LogP contribution in [0.2, 0.25) is 0 Å². The molecular weight excluding hydrogens is 368 g/mol. The molecule has 1 aliphatic rings. The topological polar surface area (TPSA) is 88.9 Å². The van der Waals surface area contributed by atoms with Gasteiger partial charge in [0.2, 0.25) is 0 Å². The molecule has 1 fully saturated rings. The van der Waals surface area contributed by atoms with E-state index in [-0.39, 0.29) is 17.1 Å². The van der Waals surface area contributed by atoms with Crippen molar-refractivity contribution in [1.29, 1.82) is 0 Å². The molecular formula is C21H28N6O2. The first kappa shape index (κ1) is 19.7. The van der Waals surface area contributed by atoms with Crippen LogP contribution in [0.1, 0.15) is 50.7 Å². The molecule has 1 N–H and O–H groups in total. The molecule has 4 rings (SSSR count). The van der Waals surface area contributed by atoms with Gasteiger partial charge in [-0.2, -0.15) is 0 Å². The Hall–Kier alpha value is -2.58. The second kappa shape index (κ2) is 7.68. The molecule has 0 radical (unpaired) electrons. The minimum atomic E-state index is -0.341. The standard InChI is InChI=1S/C21H28N6O2/c1-5-14-6-7-17-15(12-14)13-16(20(28)22-17)18(26-8-10-29-11-9-26)19-23-24-25-27(19)21(2,3)4/h6-7,12-13,18H,5,8-11H2,1-4H3,(H,22,28)/t18-/m1/s1. The number of nitrogens with zero attached hydrogens (tertiary/aromatic N) is 5. The molecule has 2 aromatic heterocycles. The maximum atomic E-state index is 13.1. The van der Waals surface area contributed by atoms with Gasteiger partial charge in [0, 0.05) is 24.2 Å². The highest BCUT2D eigenvalue weighted by Crippen LogP contribution is 2.30. The highest BCUT2D eigenvalue weighted by molar-refractivity contribution is 5.80.